The van der Waals surface area contributed by atoms with Crippen LogP contribution in [-0.4, -0.2) is 35.4 Å². The van der Waals surface area contributed by atoms with Crippen LogP contribution in [0, 0.1) is 0 Å². The monoisotopic (exact) mass is 416 g/mol. The van der Waals surface area contributed by atoms with E-state index in [0.29, 0.717) is 23.7 Å². The van der Waals surface area contributed by atoms with Gasteiger partial charge in [0.05, 0.1) is 5.02 Å². The summed E-state index contributed by atoms with van der Waals surface area (Å²) in [6, 6.07) is 16.1. The minimum Gasteiger partial charge on any atom is -0.482 e. The summed E-state index contributed by atoms with van der Waals surface area (Å²) in [5, 5.41) is 3.43. The fourth-order valence-electron chi connectivity index (χ4n) is 2.92. The Bertz CT molecular complexity index is 798. The van der Waals surface area contributed by atoms with Gasteiger partial charge in [-0.2, -0.15) is 0 Å². The van der Waals surface area contributed by atoms with Crippen molar-refractivity contribution in [2.24, 2.45) is 0 Å². The highest BCUT2D eigenvalue weighted by Gasteiger charge is 2.29. The van der Waals surface area contributed by atoms with Gasteiger partial charge in [-0.3, -0.25) is 9.59 Å². The quantitative estimate of drug-likeness (QED) is 0.622. The number of hydrogen-bond acceptors (Lipinski definition) is 3. The highest BCUT2D eigenvalue weighted by Crippen LogP contribution is 2.23. The van der Waals surface area contributed by atoms with Gasteiger partial charge in [0.1, 0.15) is 11.8 Å². The molecule has 0 saturated carbocycles. The van der Waals surface area contributed by atoms with Gasteiger partial charge in [-0.1, -0.05) is 67.9 Å². The average Bonchev–Trinajstić information content (AvgIpc) is 2.73. The molecule has 5 nitrogen and oxygen atoms in total. The molecule has 0 unspecified atom stereocenters. The number of para-hydroxylation sites is 1. The molecule has 29 heavy (non-hydrogen) atoms. The third kappa shape index (κ3) is 6.79. The van der Waals surface area contributed by atoms with Crippen molar-refractivity contribution in [1.29, 1.82) is 0 Å². The van der Waals surface area contributed by atoms with Crippen molar-refractivity contribution in [3.05, 3.63) is 65.2 Å². The molecule has 0 aliphatic rings. The van der Waals surface area contributed by atoms with Crippen molar-refractivity contribution >= 4 is 23.4 Å². The topological polar surface area (TPSA) is 58.6 Å². The maximum Gasteiger partial charge on any atom is 0.261 e. The van der Waals surface area contributed by atoms with Crippen LogP contribution in [0.15, 0.2) is 54.6 Å². The van der Waals surface area contributed by atoms with Crippen molar-refractivity contribution in [3.8, 4) is 5.75 Å². The molecule has 0 radical (unpaired) electrons. The number of ether oxygens (including phenoxy) is 1. The van der Waals surface area contributed by atoms with Crippen molar-refractivity contribution in [1.82, 2.24) is 10.2 Å². The number of nitrogens with one attached hydrogen (secondary N) is 1. The van der Waals surface area contributed by atoms with Gasteiger partial charge >= 0.3 is 0 Å². The number of carbonyl (C=O) groups excluding carboxylic acids is 2. The zero-order valence-electron chi connectivity index (χ0n) is 17.2. The van der Waals surface area contributed by atoms with Crippen LogP contribution in [0.2, 0.25) is 5.02 Å². The van der Waals surface area contributed by atoms with E-state index in [9.17, 15) is 9.59 Å². The lowest BCUT2D eigenvalue weighted by molar-refractivity contribution is -0.143. The Hall–Kier alpha value is -2.53. The molecule has 6 heteroatoms. The van der Waals surface area contributed by atoms with Crippen LogP contribution < -0.4 is 10.1 Å². The number of hydrogen-bond donors (Lipinski definition) is 1. The lowest BCUT2D eigenvalue weighted by Crippen LogP contribution is -2.51. The standard InChI is InChI=1S/C23H29ClN2O3/c1-4-17(3)25-23(28)20(5-2)26(15-18-11-7-6-8-12-18)22(27)16-29-21-14-10-9-13-19(21)24/h6-14,17,20H,4-5,15-16H2,1-3H3,(H,25,28)/t17-,20+/m1/s1. The van der Waals surface area contributed by atoms with Gasteiger partial charge in [0.15, 0.2) is 6.61 Å². The Morgan fingerprint density at radius 3 is 2.31 bits per heavy atom. The SMILES string of the molecule is CC[C@@H](C)NC(=O)[C@H](CC)N(Cc1ccccc1)C(=O)COc1ccccc1Cl. The Kier molecular flexibility index (Phi) is 9.00. The van der Waals surface area contributed by atoms with E-state index in [-0.39, 0.29) is 24.5 Å². The maximum atomic E-state index is 13.1. The number of benzene rings is 2. The van der Waals surface area contributed by atoms with E-state index in [0.717, 1.165) is 12.0 Å². The number of amides is 2. The fraction of sp³-hybridized carbons (Fsp3) is 0.391. The molecule has 0 aromatic heterocycles. The summed E-state index contributed by atoms with van der Waals surface area (Å²) >= 11 is 6.12. The largest absolute Gasteiger partial charge is 0.482 e. The van der Waals surface area contributed by atoms with Gasteiger partial charge in [0.2, 0.25) is 5.91 Å². The van der Waals surface area contributed by atoms with Gasteiger partial charge in [-0.15, -0.1) is 0 Å². The summed E-state index contributed by atoms with van der Waals surface area (Å²) in [6.07, 6.45) is 1.33. The van der Waals surface area contributed by atoms with Crippen molar-refractivity contribution < 1.29 is 14.3 Å². The zero-order valence-corrected chi connectivity index (χ0v) is 18.0. The fourth-order valence-corrected chi connectivity index (χ4v) is 3.12. The number of rotatable bonds is 10. The van der Waals surface area contributed by atoms with Gasteiger partial charge < -0.3 is 15.0 Å². The molecule has 0 heterocycles. The van der Waals surface area contributed by atoms with E-state index in [1.165, 1.54) is 0 Å². The highest BCUT2D eigenvalue weighted by atomic mass is 35.5. The predicted octanol–water partition coefficient (Wildman–Crippen LogP) is 4.44. The Balaban J connectivity index is 2.19. The number of halogens is 1. The molecule has 2 rings (SSSR count). The van der Waals surface area contributed by atoms with Crippen LogP contribution in [0.4, 0.5) is 0 Å². The van der Waals surface area contributed by atoms with E-state index >= 15 is 0 Å². The van der Waals surface area contributed by atoms with Crippen LogP contribution in [0.1, 0.15) is 39.2 Å². The van der Waals surface area contributed by atoms with Crippen LogP contribution >= 0.6 is 11.6 Å². The molecule has 2 amide bonds. The molecule has 0 spiro atoms. The van der Waals surface area contributed by atoms with Crippen LogP contribution in [-0.2, 0) is 16.1 Å². The summed E-state index contributed by atoms with van der Waals surface area (Å²) in [5.41, 5.74) is 0.952. The van der Waals surface area contributed by atoms with Gasteiger partial charge in [-0.05, 0) is 37.5 Å². The molecule has 1 N–H and O–H groups in total. The summed E-state index contributed by atoms with van der Waals surface area (Å²) in [6.45, 7) is 6.01. The van der Waals surface area contributed by atoms with Gasteiger partial charge in [0, 0.05) is 12.6 Å². The molecule has 156 valence electrons. The van der Waals surface area contributed by atoms with Crippen LogP contribution in [0.3, 0.4) is 0 Å². The Morgan fingerprint density at radius 1 is 1.03 bits per heavy atom. The molecule has 0 aliphatic carbocycles. The molecule has 2 aromatic carbocycles. The predicted molar refractivity (Wildman–Crippen MR) is 116 cm³/mol. The van der Waals surface area contributed by atoms with Gasteiger partial charge in [0.25, 0.3) is 5.91 Å². The summed E-state index contributed by atoms with van der Waals surface area (Å²) in [4.78, 5) is 27.5. The summed E-state index contributed by atoms with van der Waals surface area (Å²) in [7, 11) is 0. The third-order valence-corrected chi connectivity index (χ3v) is 5.08. The van der Waals surface area contributed by atoms with E-state index < -0.39 is 6.04 Å². The maximum absolute atomic E-state index is 13.1. The van der Waals surface area contributed by atoms with Crippen molar-refractivity contribution in [2.45, 2.75) is 52.2 Å². The van der Waals surface area contributed by atoms with E-state index in [1.54, 1.807) is 29.2 Å². The van der Waals surface area contributed by atoms with Crippen molar-refractivity contribution in [3.63, 3.8) is 0 Å². The van der Waals surface area contributed by atoms with Crippen LogP contribution in [0.25, 0.3) is 0 Å². The molecule has 2 aromatic rings. The summed E-state index contributed by atoms with van der Waals surface area (Å²) in [5.74, 6) is 0.0306. The number of nitrogens with zero attached hydrogens (tertiary/aromatic N) is 1. The van der Waals surface area contributed by atoms with E-state index in [2.05, 4.69) is 5.32 Å². The second-order valence-electron chi connectivity index (χ2n) is 6.97. The molecule has 0 bridgehead atoms. The molecule has 0 fully saturated rings. The minimum atomic E-state index is -0.577. The average molecular weight is 417 g/mol. The van der Waals surface area contributed by atoms with Crippen molar-refractivity contribution in [2.75, 3.05) is 6.61 Å². The molecular formula is C23H29ClN2O3. The van der Waals surface area contributed by atoms with Gasteiger partial charge in [-0.25, -0.2) is 0 Å². The normalized spacial score (nSPS) is 12.7. The van der Waals surface area contributed by atoms with Crippen LogP contribution in [0.5, 0.6) is 5.75 Å². The second-order valence-corrected chi connectivity index (χ2v) is 7.38. The third-order valence-electron chi connectivity index (χ3n) is 4.77. The molecule has 2 atom stereocenters. The lowest BCUT2D eigenvalue weighted by Gasteiger charge is -2.31. The first-order valence-electron chi connectivity index (χ1n) is 9.97. The molecular weight excluding hydrogens is 388 g/mol. The Labute approximate surface area is 178 Å². The lowest BCUT2D eigenvalue weighted by atomic mass is 10.1. The Morgan fingerprint density at radius 2 is 1.69 bits per heavy atom. The molecule has 0 saturated heterocycles. The second kappa shape index (κ2) is 11.5. The van der Waals surface area contributed by atoms with E-state index in [1.807, 2.05) is 51.1 Å². The minimum absolute atomic E-state index is 0.0459. The first-order chi connectivity index (χ1) is 14.0. The zero-order chi connectivity index (χ0) is 21.2. The number of carbonyl (C=O) groups is 2. The van der Waals surface area contributed by atoms with E-state index in [4.69, 9.17) is 16.3 Å². The first kappa shape index (κ1) is 22.8. The highest BCUT2D eigenvalue weighted by molar-refractivity contribution is 6.32. The summed E-state index contributed by atoms with van der Waals surface area (Å²) < 4.78 is 5.64. The first-order valence-corrected chi connectivity index (χ1v) is 10.3. The smallest absolute Gasteiger partial charge is 0.261 e. The molecule has 0 aliphatic heterocycles.